The standard InChI is InChI=1S/C9H17NO/c1-8(2)4-10(3)5-9-6-11-7-9/h9H,1,4-7H2,2-3H3. The zero-order valence-corrected chi connectivity index (χ0v) is 7.47. The molecule has 0 saturated carbocycles. The number of ether oxygens (including phenoxy) is 1. The molecule has 0 unspecified atom stereocenters. The Bertz CT molecular complexity index is 140. The Hall–Kier alpha value is -0.340. The minimum Gasteiger partial charge on any atom is -0.381 e. The maximum atomic E-state index is 5.09. The molecule has 0 atom stereocenters. The fourth-order valence-electron chi connectivity index (χ4n) is 1.36. The van der Waals surface area contributed by atoms with Crippen molar-refractivity contribution >= 4 is 0 Å². The first-order chi connectivity index (χ1) is 5.18. The molecule has 1 saturated heterocycles. The number of rotatable bonds is 4. The topological polar surface area (TPSA) is 12.5 Å². The van der Waals surface area contributed by atoms with Crippen LogP contribution >= 0.6 is 0 Å². The summed E-state index contributed by atoms with van der Waals surface area (Å²) in [6.45, 7) is 9.98. The van der Waals surface area contributed by atoms with Crippen LogP contribution in [0.1, 0.15) is 6.92 Å². The molecule has 2 heteroatoms. The van der Waals surface area contributed by atoms with Crippen LogP contribution in [0.2, 0.25) is 0 Å². The van der Waals surface area contributed by atoms with Crippen molar-refractivity contribution in [3.05, 3.63) is 12.2 Å². The molecule has 2 nitrogen and oxygen atoms in total. The average Bonchev–Trinajstić information content (AvgIpc) is 1.77. The van der Waals surface area contributed by atoms with E-state index in [0.717, 1.165) is 32.2 Å². The molecule has 11 heavy (non-hydrogen) atoms. The molecule has 0 aromatic rings. The van der Waals surface area contributed by atoms with E-state index in [1.54, 1.807) is 0 Å². The summed E-state index contributed by atoms with van der Waals surface area (Å²) in [5.41, 5.74) is 1.23. The van der Waals surface area contributed by atoms with Crippen molar-refractivity contribution in [2.24, 2.45) is 5.92 Å². The number of hydrogen-bond acceptors (Lipinski definition) is 2. The van der Waals surface area contributed by atoms with Gasteiger partial charge in [0.05, 0.1) is 13.2 Å². The monoisotopic (exact) mass is 155 g/mol. The molecule has 0 amide bonds. The van der Waals surface area contributed by atoms with Crippen molar-refractivity contribution in [2.45, 2.75) is 6.92 Å². The molecular formula is C9H17NO. The fourth-order valence-corrected chi connectivity index (χ4v) is 1.36. The summed E-state index contributed by atoms with van der Waals surface area (Å²) < 4.78 is 5.09. The van der Waals surface area contributed by atoms with Gasteiger partial charge in [0.25, 0.3) is 0 Å². The first kappa shape index (κ1) is 8.75. The van der Waals surface area contributed by atoms with Crippen molar-refractivity contribution < 1.29 is 4.74 Å². The van der Waals surface area contributed by atoms with Gasteiger partial charge in [0.1, 0.15) is 0 Å². The van der Waals surface area contributed by atoms with Crippen molar-refractivity contribution in [3.8, 4) is 0 Å². The maximum Gasteiger partial charge on any atom is 0.0528 e. The fraction of sp³-hybridized carbons (Fsp3) is 0.778. The van der Waals surface area contributed by atoms with Crippen LogP contribution < -0.4 is 0 Å². The first-order valence-electron chi connectivity index (χ1n) is 4.09. The van der Waals surface area contributed by atoms with Crippen LogP contribution in [-0.4, -0.2) is 38.3 Å². The van der Waals surface area contributed by atoms with Crippen molar-refractivity contribution in [3.63, 3.8) is 0 Å². The van der Waals surface area contributed by atoms with E-state index in [9.17, 15) is 0 Å². The third kappa shape index (κ3) is 3.04. The van der Waals surface area contributed by atoms with Gasteiger partial charge in [-0.3, -0.25) is 0 Å². The summed E-state index contributed by atoms with van der Waals surface area (Å²) in [5.74, 6) is 0.763. The molecule has 1 rings (SSSR count). The summed E-state index contributed by atoms with van der Waals surface area (Å²) in [6, 6.07) is 0. The highest BCUT2D eigenvalue weighted by Crippen LogP contribution is 2.11. The van der Waals surface area contributed by atoms with Gasteiger partial charge in [0, 0.05) is 19.0 Å². The third-order valence-electron chi connectivity index (χ3n) is 1.82. The normalized spacial score (nSPS) is 18.5. The lowest BCUT2D eigenvalue weighted by molar-refractivity contribution is -0.0428. The van der Waals surface area contributed by atoms with Gasteiger partial charge in [-0.15, -0.1) is 0 Å². The Morgan fingerprint density at radius 2 is 2.27 bits per heavy atom. The molecule has 0 radical (unpaired) electrons. The van der Waals surface area contributed by atoms with Gasteiger partial charge >= 0.3 is 0 Å². The van der Waals surface area contributed by atoms with Gasteiger partial charge in [-0.05, 0) is 14.0 Å². The van der Waals surface area contributed by atoms with E-state index in [2.05, 4.69) is 25.5 Å². The van der Waals surface area contributed by atoms with E-state index < -0.39 is 0 Å². The van der Waals surface area contributed by atoms with Gasteiger partial charge in [-0.2, -0.15) is 0 Å². The molecule has 1 fully saturated rings. The Kier molecular flexibility index (Phi) is 3.09. The van der Waals surface area contributed by atoms with Gasteiger partial charge in [0.15, 0.2) is 0 Å². The molecule has 1 aliphatic rings. The zero-order chi connectivity index (χ0) is 8.27. The second-order valence-electron chi connectivity index (χ2n) is 3.56. The first-order valence-corrected chi connectivity index (χ1v) is 4.09. The number of nitrogens with zero attached hydrogens (tertiary/aromatic N) is 1. The predicted octanol–water partition coefficient (Wildman–Crippen LogP) is 1.14. The quantitative estimate of drug-likeness (QED) is 0.564. The van der Waals surface area contributed by atoms with Gasteiger partial charge in [0.2, 0.25) is 0 Å². The van der Waals surface area contributed by atoms with Gasteiger partial charge < -0.3 is 9.64 Å². The molecule has 0 bridgehead atoms. The number of hydrogen-bond donors (Lipinski definition) is 0. The smallest absolute Gasteiger partial charge is 0.0528 e. The van der Waals surface area contributed by atoms with E-state index in [1.165, 1.54) is 5.57 Å². The van der Waals surface area contributed by atoms with E-state index in [-0.39, 0.29) is 0 Å². The summed E-state index contributed by atoms with van der Waals surface area (Å²) in [5, 5.41) is 0. The maximum absolute atomic E-state index is 5.09. The summed E-state index contributed by atoms with van der Waals surface area (Å²) >= 11 is 0. The molecule has 0 spiro atoms. The molecule has 0 aromatic heterocycles. The summed E-state index contributed by atoms with van der Waals surface area (Å²) in [6.07, 6.45) is 0. The van der Waals surface area contributed by atoms with Crippen molar-refractivity contribution in [1.82, 2.24) is 4.90 Å². The van der Waals surface area contributed by atoms with Crippen molar-refractivity contribution in [1.29, 1.82) is 0 Å². The predicted molar refractivity (Wildman–Crippen MR) is 46.6 cm³/mol. The molecule has 0 aliphatic carbocycles. The highest BCUT2D eigenvalue weighted by molar-refractivity contribution is 4.91. The van der Waals surface area contributed by atoms with E-state index in [4.69, 9.17) is 4.74 Å². The Balaban J connectivity index is 2.09. The van der Waals surface area contributed by atoms with Crippen LogP contribution in [0.4, 0.5) is 0 Å². The van der Waals surface area contributed by atoms with Crippen LogP contribution in [0, 0.1) is 5.92 Å². The molecule has 0 N–H and O–H groups in total. The Morgan fingerprint density at radius 1 is 1.64 bits per heavy atom. The average molecular weight is 155 g/mol. The molecule has 0 aromatic carbocycles. The van der Waals surface area contributed by atoms with Crippen molar-refractivity contribution in [2.75, 3.05) is 33.4 Å². The van der Waals surface area contributed by atoms with E-state index >= 15 is 0 Å². The highest BCUT2D eigenvalue weighted by Gasteiger charge is 2.19. The lowest BCUT2D eigenvalue weighted by Crippen LogP contribution is -2.38. The zero-order valence-electron chi connectivity index (χ0n) is 7.47. The minimum atomic E-state index is 0.763. The third-order valence-corrected chi connectivity index (χ3v) is 1.82. The van der Waals surface area contributed by atoms with E-state index in [1.807, 2.05) is 0 Å². The molecular weight excluding hydrogens is 138 g/mol. The summed E-state index contributed by atoms with van der Waals surface area (Å²) in [7, 11) is 2.13. The van der Waals surface area contributed by atoms with Gasteiger partial charge in [-0.25, -0.2) is 0 Å². The van der Waals surface area contributed by atoms with Crippen LogP contribution in [0.15, 0.2) is 12.2 Å². The molecule has 1 heterocycles. The van der Waals surface area contributed by atoms with Crippen LogP contribution in [0.3, 0.4) is 0 Å². The molecule has 1 aliphatic heterocycles. The molecule has 64 valence electrons. The second kappa shape index (κ2) is 3.88. The van der Waals surface area contributed by atoms with Gasteiger partial charge in [-0.1, -0.05) is 12.2 Å². The number of likely N-dealkylation sites (N-methyl/N-ethyl adjacent to an activating group) is 1. The Morgan fingerprint density at radius 3 is 2.64 bits per heavy atom. The van der Waals surface area contributed by atoms with Crippen LogP contribution in [0.5, 0.6) is 0 Å². The van der Waals surface area contributed by atoms with Crippen LogP contribution in [-0.2, 0) is 4.74 Å². The second-order valence-corrected chi connectivity index (χ2v) is 3.56. The minimum absolute atomic E-state index is 0.763. The van der Waals surface area contributed by atoms with Crippen LogP contribution in [0.25, 0.3) is 0 Å². The lowest BCUT2D eigenvalue weighted by atomic mass is 10.1. The Labute approximate surface area is 68.8 Å². The SMILES string of the molecule is C=C(C)CN(C)CC1COC1. The highest BCUT2D eigenvalue weighted by atomic mass is 16.5. The lowest BCUT2D eigenvalue weighted by Gasteiger charge is -2.30. The largest absolute Gasteiger partial charge is 0.381 e. The van der Waals surface area contributed by atoms with E-state index in [0.29, 0.717) is 0 Å². The summed E-state index contributed by atoms with van der Waals surface area (Å²) in [4.78, 5) is 2.30.